The molecule has 0 aliphatic heterocycles. The van der Waals surface area contributed by atoms with Crippen LogP contribution in [-0.2, 0) is 27.2 Å². The van der Waals surface area contributed by atoms with Crippen molar-refractivity contribution < 1.29 is 14.4 Å². The largest absolute Gasteiger partial charge is 0.355 e. The van der Waals surface area contributed by atoms with E-state index in [2.05, 4.69) is 15.6 Å². The third kappa shape index (κ3) is 7.12. The number of thiazole rings is 1. The van der Waals surface area contributed by atoms with Crippen LogP contribution in [0.4, 0.5) is 5.13 Å². The molecule has 2 aromatic rings. The van der Waals surface area contributed by atoms with Gasteiger partial charge in [-0.15, -0.1) is 11.3 Å². The van der Waals surface area contributed by atoms with Crippen LogP contribution in [-0.4, -0.2) is 46.7 Å². The van der Waals surface area contributed by atoms with Crippen molar-refractivity contribution in [1.82, 2.24) is 15.2 Å². The zero-order chi connectivity index (χ0) is 23.0. The minimum atomic E-state index is -0.223. The molecular formula is C25H32N4O3S. The Balaban J connectivity index is 1.22. The van der Waals surface area contributed by atoms with Gasteiger partial charge in [0.2, 0.25) is 17.7 Å². The Morgan fingerprint density at radius 1 is 1.00 bits per heavy atom. The van der Waals surface area contributed by atoms with E-state index in [1.807, 2.05) is 30.3 Å². The number of aromatic nitrogens is 1. The zero-order valence-electron chi connectivity index (χ0n) is 18.9. The van der Waals surface area contributed by atoms with Crippen LogP contribution < -0.4 is 10.6 Å². The predicted molar refractivity (Wildman–Crippen MR) is 129 cm³/mol. The van der Waals surface area contributed by atoms with Gasteiger partial charge >= 0.3 is 0 Å². The summed E-state index contributed by atoms with van der Waals surface area (Å²) < 4.78 is 0. The fraction of sp³-hybridized carbons (Fsp3) is 0.520. The van der Waals surface area contributed by atoms with Crippen LogP contribution in [0.1, 0.15) is 56.2 Å². The predicted octanol–water partition coefficient (Wildman–Crippen LogP) is 3.55. The van der Waals surface area contributed by atoms with Crippen molar-refractivity contribution in [1.29, 1.82) is 0 Å². The van der Waals surface area contributed by atoms with Crippen LogP contribution in [0.2, 0.25) is 0 Å². The molecule has 0 atom stereocenters. The fourth-order valence-electron chi connectivity index (χ4n) is 4.33. The van der Waals surface area contributed by atoms with Crippen molar-refractivity contribution in [3.63, 3.8) is 0 Å². The maximum Gasteiger partial charge on any atom is 0.245 e. The quantitative estimate of drug-likeness (QED) is 0.558. The first-order valence-electron chi connectivity index (χ1n) is 11.9. The van der Waals surface area contributed by atoms with E-state index in [1.54, 1.807) is 10.3 Å². The topological polar surface area (TPSA) is 91.4 Å². The summed E-state index contributed by atoms with van der Waals surface area (Å²) in [6.45, 7) is 0.650. The van der Waals surface area contributed by atoms with Gasteiger partial charge in [-0.3, -0.25) is 14.4 Å². The van der Waals surface area contributed by atoms with Gasteiger partial charge in [-0.2, -0.15) is 0 Å². The highest BCUT2D eigenvalue weighted by Gasteiger charge is 2.37. The molecule has 2 saturated carbocycles. The summed E-state index contributed by atoms with van der Waals surface area (Å²) in [6, 6.07) is 10.2. The lowest BCUT2D eigenvalue weighted by Gasteiger charge is -2.28. The molecule has 0 unspecified atom stereocenters. The second-order valence-electron chi connectivity index (χ2n) is 8.99. The minimum Gasteiger partial charge on any atom is -0.355 e. The van der Waals surface area contributed by atoms with Gasteiger partial charge in [0.1, 0.15) is 6.54 Å². The van der Waals surface area contributed by atoms with Crippen molar-refractivity contribution >= 4 is 34.2 Å². The van der Waals surface area contributed by atoms with Crippen LogP contribution in [0.3, 0.4) is 0 Å². The Hall–Kier alpha value is -2.74. The third-order valence-electron chi connectivity index (χ3n) is 6.26. The molecule has 3 amide bonds. The molecule has 2 fully saturated rings. The normalized spacial score (nSPS) is 16.2. The van der Waals surface area contributed by atoms with E-state index in [4.69, 9.17) is 0 Å². The first-order valence-corrected chi connectivity index (χ1v) is 12.8. The Labute approximate surface area is 199 Å². The summed E-state index contributed by atoms with van der Waals surface area (Å²) in [4.78, 5) is 44.0. The van der Waals surface area contributed by atoms with E-state index < -0.39 is 0 Å². The number of hydrogen-bond acceptors (Lipinski definition) is 5. The third-order valence-corrected chi connectivity index (χ3v) is 7.06. The van der Waals surface area contributed by atoms with Crippen molar-refractivity contribution in [3.05, 3.63) is 47.0 Å². The van der Waals surface area contributed by atoms with Crippen molar-refractivity contribution in [3.8, 4) is 0 Å². The molecule has 2 aliphatic carbocycles. The van der Waals surface area contributed by atoms with E-state index in [9.17, 15) is 14.4 Å². The van der Waals surface area contributed by atoms with Crippen LogP contribution in [0.5, 0.6) is 0 Å². The van der Waals surface area contributed by atoms with Gasteiger partial charge in [-0.1, -0.05) is 49.6 Å². The van der Waals surface area contributed by atoms with Crippen LogP contribution in [0, 0.1) is 5.92 Å². The molecule has 1 aromatic heterocycles. The highest BCUT2D eigenvalue weighted by Crippen LogP contribution is 2.32. The van der Waals surface area contributed by atoms with Gasteiger partial charge in [0, 0.05) is 23.9 Å². The summed E-state index contributed by atoms with van der Waals surface area (Å²) >= 11 is 1.30. The van der Waals surface area contributed by atoms with E-state index in [1.165, 1.54) is 23.3 Å². The van der Waals surface area contributed by atoms with Crippen LogP contribution >= 0.6 is 11.3 Å². The van der Waals surface area contributed by atoms with E-state index in [0.29, 0.717) is 17.4 Å². The zero-order valence-corrected chi connectivity index (χ0v) is 19.7. The van der Waals surface area contributed by atoms with E-state index in [-0.39, 0.29) is 42.6 Å². The molecule has 33 heavy (non-hydrogen) atoms. The average Bonchev–Trinajstić information content (AvgIpc) is 3.58. The molecule has 0 radical (unpaired) electrons. The molecule has 176 valence electrons. The van der Waals surface area contributed by atoms with Gasteiger partial charge in [-0.05, 0) is 37.7 Å². The first kappa shape index (κ1) is 23.4. The Kier molecular flexibility index (Phi) is 8.10. The Morgan fingerprint density at radius 2 is 1.76 bits per heavy atom. The molecule has 8 heteroatoms. The first-order chi connectivity index (χ1) is 16.1. The number of carbonyl (C=O) groups excluding carboxylic acids is 3. The standard InChI is InChI=1S/C25H32N4O3S/c30-22(26-14-13-18-7-3-1-4-8-18)15-20-17-33-25(27-20)28-23(31)16-29(21-11-12-21)24(32)19-9-5-2-6-10-19/h1,3-4,7-8,17,19,21H,2,5-6,9-16H2,(H,26,30)(H,27,28,31). The van der Waals surface area contributed by atoms with Gasteiger partial charge in [0.25, 0.3) is 0 Å². The SMILES string of the molecule is O=C(Cc1csc(NC(=O)CN(C(=O)C2CCCCC2)C2CC2)n1)NCCc1ccccc1. The number of hydrogen-bond donors (Lipinski definition) is 2. The maximum absolute atomic E-state index is 13.0. The van der Waals surface area contributed by atoms with Gasteiger partial charge in [-0.25, -0.2) is 4.98 Å². The molecule has 0 spiro atoms. The molecule has 0 saturated heterocycles. The van der Waals surface area contributed by atoms with Gasteiger partial charge < -0.3 is 15.5 Å². The molecule has 4 rings (SSSR count). The Morgan fingerprint density at radius 3 is 2.48 bits per heavy atom. The van der Waals surface area contributed by atoms with Crippen LogP contribution in [0.25, 0.3) is 0 Å². The number of amides is 3. The average molecular weight is 469 g/mol. The lowest BCUT2D eigenvalue weighted by atomic mass is 9.88. The molecule has 1 aromatic carbocycles. The smallest absolute Gasteiger partial charge is 0.245 e. The number of rotatable bonds is 10. The monoisotopic (exact) mass is 468 g/mol. The van der Waals surface area contributed by atoms with Crippen molar-refractivity contribution in [2.24, 2.45) is 5.92 Å². The number of nitrogens with zero attached hydrogens (tertiary/aromatic N) is 2. The van der Waals surface area contributed by atoms with Gasteiger partial charge in [0.15, 0.2) is 5.13 Å². The van der Waals surface area contributed by atoms with E-state index >= 15 is 0 Å². The van der Waals surface area contributed by atoms with Crippen molar-refractivity contribution in [2.75, 3.05) is 18.4 Å². The molecule has 1 heterocycles. The summed E-state index contributed by atoms with van der Waals surface area (Å²) in [7, 11) is 0. The highest BCUT2D eigenvalue weighted by atomic mass is 32.1. The van der Waals surface area contributed by atoms with E-state index in [0.717, 1.165) is 44.9 Å². The molecular weight excluding hydrogens is 436 g/mol. The molecule has 7 nitrogen and oxygen atoms in total. The van der Waals surface area contributed by atoms with Crippen LogP contribution in [0.15, 0.2) is 35.7 Å². The lowest BCUT2D eigenvalue weighted by molar-refractivity contribution is -0.139. The summed E-state index contributed by atoms with van der Waals surface area (Å²) in [5.74, 6) is -0.107. The number of benzene rings is 1. The number of anilines is 1. The molecule has 2 aliphatic rings. The summed E-state index contributed by atoms with van der Waals surface area (Å²) in [5, 5.41) is 7.98. The van der Waals surface area contributed by atoms with Crippen molar-refractivity contribution in [2.45, 2.75) is 63.8 Å². The number of carbonyl (C=O) groups is 3. The fourth-order valence-corrected chi connectivity index (χ4v) is 5.06. The molecule has 2 N–H and O–H groups in total. The lowest BCUT2D eigenvalue weighted by Crippen LogP contribution is -2.43. The Bertz CT molecular complexity index is 952. The maximum atomic E-state index is 13.0. The number of nitrogens with one attached hydrogen (secondary N) is 2. The second-order valence-corrected chi connectivity index (χ2v) is 9.84. The summed E-state index contributed by atoms with van der Waals surface area (Å²) in [5.41, 5.74) is 1.81. The summed E-state index contributed by atoms with van der Waals surface area (Å²) in [6.07, 6.45) is 8.19. The minimum absolute atomic E-state index is 0.0685. The highest BCUT2D eigenvalue weighted by molar-refractivity contribution is 7.13. The van der Waals surface area contributed by atoms with Gasteiger partial charge in [0.05, 0.1) is 12.1 Å². The molecule has 0 bridgehead atoms. The second kappa shape index (κ2) is 11.4.